The molecule has 0 aromatic heterocycles. The molecule has 10 heteroatoms. The summed E-state index contributed by atoms with van der Waals surface area (Å²) in [6.45, 7) is -0.381. The van der Waals surface area contributed by atoms with E-state index in [0.29, 0.717) is 17.0 Å². The number of rotatable bonds is 7. The van der Waals surface area contributed by atoms with Crippen molar-refractivity contribution in [2.75, 3.05) is 23.9 Å². The number of carbonyl (C=O) groups is 4. The Bertz CT molecular complexity index is 1350. The van der Waals surface area contributed by atoms with Crippen LogP contribution >= 0.6 is 0 Å². The van der Waals surface area contributed by atoms with Crippen LogP contribution in [-0.4, -0.2) is 37.5 Å². The van der Waals surface area contributed by atoms with Gasteiger partial charge in [-0.05, 0) is 60.7 Å². The van der Waals surface area contributed by atoms with Crippen LogP contribution in [0.25, 0.3) is 6.08 Å². The first-order valence-electron chi connectivity index (χ1n) is 10.7. The molecule has 1 aliphatic rings. The Morgan fingerprint density at radius 3 is 2.39 bits per heavy atom. The molecule has 2 N–H and O–H groups in total. The van der Waals surface area contributed by atoms with E-state index in [4.69, 9.17) is 9.47 Å². The maximum absolute atomic E-state index is 13.1. The molecule has 1 saturated heterocycles. The van der Waals surface area contributed by atoms with E-state index in [1.807, 2.05) is 0 Å². The van der Waals surface area contributed by atoms with Crippen molar-refractivity contribution in [3.8, 4) is 11.5 Å². The summed E-state index contributed by atoms with van der Waals surface area (Å²) in [5.74, 6) is -1.85. The molecule has 9 nitrogen and oxygen atoms in total. The number of halogens is 1. The van der Waals surface area contributed by atoms with E-state index in [-0.39, 0.29) is 23.6 Å². The molecule has 0 radical (unpaired) electrons. The molecule has 0 saturated carbocycles. The summed E-state index contributed by atoms with van der Waals surface area (Å²) in [5.41, 5.74) is 0.693. The van der Waals surface area contributed by atoms with Crippen LogP contribution in [0.15, 0.2) is 78.4 Å². The van der Waals surface area contributed by atoms with E-state index in [1.54, 1.807) is 36.4 Å². The molecule has 1 fully saturated rings. The normalized spacial score (nSPS) is 14.4. The highest BCUT2D eigenvalue weighted by molar-refractivity contribution is 6.39. The van der Waals surface area contributed by atoms with Crippen LogP contribution in [0.2, 0.25) is 0 Å². The lowest BCUT2D eigenvalue weighted by atomic mass is 10.1. The number of imide groups is 2. The van der Waals surface area contributed by atoms with Gasteiger partial charge in [-0.3, -0.25) is 19.7 Å². The molecule has 0 aliphatic carbocycles. The number of methoxy groups -OCH3 is 1. The molecule has 1 heterocycles. The lowest BCUT2D eigenvalue weighted by Gasteiger charge is -2.26. The Kier molecular flexibility index (Phi) is 7.05. The number of benzene rings is 3. The molecule has 5 amide bonds. The standard InChI is InChI=1S/C26H20FN3O6/c1-35-20-12-10-19(11-13-20)30-25(33)21(24(32)29-26(30)34)14-16-4-2-3-5-22(16)36-15-23(31)28-18-8-6-17(27)7-9-18/h2-14H,15H2,1H3,(H,28,31)(H,29,32,34). The number of ether oxygens (including phenoxy) is 2. The number of nitrogens with zero attached hydrogens (tertiary/aromatic N) is 1. The quantitative estimate of drug-likeness (QED) is 0.388. The first-order valence-corrected chi connectivity index (χ1v) is 10.7. The SMILES string of the molecule is COc1ccc(N2C(=O)NC(=O)C(=Cc3ccccc3OCC(=O)Nc3ccc(F)cc3)C2=O)cc1. The molecule has 0 bridgehead atoms. The lowest BCUT2D eigenvalue weighted by Crippen LogP contribution is -2.54. The molecular formula is C26H20FN3O6. The summed E-state index contributed by atoms with van der Waals surface area (Å²) in [6.07, 6.45) is 1.29. The second-order valence-electron chi connectivity index (χ2n) is 7.54. The van der Waals surface area contributed by atoms with Gasteiger partial charge < -0.3 is 14.8 Å². The highest BCUT2D eigenvalue weighted by Gasteiger charge is 2.37. The maximum atomic E-state index is 13.1. The van der Waals surface area contributed by atoms with Crippen molar-refractivity contribution in [2.45, 2.75) is 0 Å². The van der Waals surface area contributed by atoms with Crippen molar-refractivity contribution in [2.24, 2.45) is 0 Å². The van der Waals surface area contributed by atoms with Crippen molar-refractivity contribution in [1.82, 2.24) is 5.32 Å². The van der Waals surface area contributed by atoms with E-state index in [0.717, 1.165) is 4.90 Å². The van der Waals surface area contributed by atoms with E-state index >= 15 is 0 Å². The van der Waals surface area contributed by atoms with Crippen LogP contribution in [0.5, 0.6) is 11.5 Å². The molecule has 0 atom stereocenters. The first kappa shape index (κ1) is 24.1. The third kappa shape index (κ3) is 5.39. The summed E-state index contributed by atoms with van der Waals surface area (Å²) in [5, 5.41) is 4.73. The molecule has 0 spiro atoms. The van der Waals surface area contributed by atoms with Gasteiger partial charge in [-0.1, -0.05) is 18.2 Å². The van der Waals surface area contributed by atoms with Crippen molar-refractivity contribution in [3.05, 3.63) is 89.8 Å². The zero-order valence-electron chi connectivity index (χ0n) is 19.0. The molecule has 36 heavy (non-hydrogen) atoms. The smallest absolute Gasteiger partial charge is 0.335 e. The Balaban J connectivity index is 1.53. The minimum absolute atomic E-state index is 0.229. The van der Waals surface area contributed by atoms with Crippen molar-refractivity contribution >= 4 is 41.2 Å². The van der Waals surface area contributed by atoms with Gasteiger partial charge in [-0.2, -0.15) is 0 Å². The van der Waals surface area contributed by atoms with E-state index in [9.17, 15) is 23.6 Å². The molecule has 4 rings (SSSR count). The van der Waals surface area contributed by atoms with Crippen LogP contribution in [0.3, 0.4) is 0 Å². The summed E-state index contributed by atoms with van der Waals surface area (Å²) in [6, 6.07) is 17.0. The minimum Gasteiger partial charge on any atom is -0.497 e. The van der Waals surface area contributed by atoms with Gasteiger partial charge in [0, 0.05) is 11.3 Å². The van der Waals surface area contributed by atoms with Crippen molar-refractivity contribution < 1.29 is 33.0 Å². The van der Waals surface area contributed by atoms with Crippen LogP contribution < -0.4 is 25.0 Å². The Labute approximate surface area is 205 Å². The van der Waals surface area contributed by atoms with Gasteiger partial charge >= 0.3 is 6.03 Å². The monoisotopic (exact) mass is 489 g/mol. The summed E-state index contributed by atoms with van der Waals surface area (Å²) in [7, 11) is 1.49. The average molecular weight is 489 g/mol. The van der Waals surface area contributed by atoms with Crippen molar-refractivity contribution in [3.63, 3.8) is 0 Å². The van der Waals surface area contributed by atoms with Gasteiger partial charge in [0.1, 0.15) is 22.9 Å². The van der Waals surface area contributed by atoms with Gasteiger partial charge in [0.15, 0.2) is 6.61 Å². The van der Waals surface area contributed by atoms with Crippen molar-refractivity contribution in [1.29, 1.82) is 0 Å². The van der Waals surface area contributed by atoms with E-state index in [2.05, 4.69) is 10.6 Å². The highest BCUT2D eigenvalue weighted by Crippen LogP contribution is 2.26. The number of carbonyl (C=O) groups excluding carboxylic acids is 4. The van der Waals surface area contributed by atoms with Gasteiger partial charge in [0.05, 0.1) is 12.8 Å². The van der Waals surface area contributed by atoms with Crippen LogP contribution in [0.1, 0.15) is 5.56 Å². The number of nitrogens with one attached hydrogen (secondary N) is 2. The Hall–Kier alpha value is -4.99. The van der Waals surface area contributed by atoms with Gasteiger partial charge in [-0.25, -0.2) is 14.1 Å². The first-order chi connectivity index (χ1) is 17.4. The van der Waals surface area contributed by atoms with Gasteiger partial charge in [0.2, 0.25) is 0 Å². The zero-order chi connectivity index (χ0) is 25.7. The number of urea groups is 1. The number of para-hydroxylation sites is 1. The van der Waals surface area contributed by atoms with E-state index < -0.39 is 29.6 Å². The Morgan fingerprint density at radius 1 is 1.00 bits per heavy atom. The minimum atomic E-state index is -0.880. The number of hydrogen-bond acceptors (Lipinski definition) is 6. The fraction of sp³-hybridized carbons (Fsp3) is 0.0769. The fourth-order valence-electron chi connectivity index (χ4n) is 3.38. The lowest BCUT2D eigenvalue weighted by molar-refractivity contribution is -0.122. The summed E-state index contributed by atoms with van der Waals surface area (Å²) in [4.78, 5) is 51.1. The van der Waals surface area contributed by atoms with Gasteiger partial charge in [0.25, 0.3) is 17.7 Å². The second kappa shape index (κ2) is 10.5. The number of hydrogen-bond donors (Lipinski definition) is 2. The molecule has 3 aromatic rings. The molecule has 182 valence electrons. The second-order valence-corrected chi connectivity index (χ2v) is 7.54. The molecule has 0 unspecified atom stereocenters. The highest BCUT2D eigenvalue weighted by atomic mass is 19.1. The van der Waals surface area contributed by atoms with Crippen LogP contribution in [0.4, 0.5) is 20.6 Å². The average Bonchev–Trinajstić information content (AvgIpc) is 2.87. The number of barbiturate groups is 1. The Morgan fingerprint density at radius 2 is 1.69 bits per heavy atom. The van der Waals surface area contributed by atoms with Gasteiger partial charge in [-0.15, -0.1) is 0 Å². The third-order valence-corrected chi connectivity index (χ3v) is 5.14. The summed E-state index contributed by atoms with van der Waals surface area (Å²) < 4.78 is 23.7. The maximum Gasteiger partial charge on any atom is 0.335 e. The summed E-state index contributed by atoms with van der Waals surface area (Å²) >= 11 is 0. The zero-order valence-corrected chi connectivity index (χ0v) is 19.0. The van der Waals surface area contributed by atoms with Crippen LogP contribution in [-0.2, 0) is 14.4 Å². The molecular weight excluding hydrogens is 469 g/mol. The molecule has 1 aliphatic heterocycles. The number of amides is 5. The number of anilines is 2. The van der Waals surface area contributed by atoms with E-state index in [1.165, 1.54) is 49.6 Å². The fourth-order valence-corrected chi connectivity index (χ4v) is 3.38. The third-order valence-electron chi connectivity index (χ3n) is 5.14. The largest absolute Gasteiger partial charge is 0.497 e. The predicted octanol–water partition coefficient (Wildman–Crippen LogP) is 3.52. The predicted molar refractivity (Wildman–Crippen MR) is 129 cm³/mol. The topological polar surface area (TPSA) is 114 Å². The molecule has 3 aromatic carbocycles. The van der Waals surface area contributed by atoms with Crippen LogP contribution in [0, 0.1) is 5.82 Å².